The van der Waals surface area contributed by atoms with Crippen LogP contribution < -0.4 is 10.1 Å². The Bertz CT molecular complexity index is 1220. The molecule has 1 heterocycles. The fourth-order valence-corrected chi connectivity index (χ4v) is 3.60. The second-order valence-electron chi connectivity index (χ2n) is 7.88. The number of carboxylic acid groups (broad SMARTS) is 1. The first kappa shape index (κ1) is 28.8. The second kappa shape index (κ2) is 14.2. The van der Waals surface area contributed by atoms with Crippen LogP contribution in [0.1, 0.15) is 27.6 Å². The van der Waals surface area contributed by atoms with Gasteiger partial charge in [-0.15, -0.1) is 24.8 Å². The van der Waals surface area contributed by atoms with E-state index in [-0.39, 0.29) is 30.4 Å². The highest BCUT2D eigenvalue weighted by molar-refractivity contribution is 5.92. The number of aromatic nitrogens is 1. The molecule has 0 aliphatic rings. The first-order chi connectivity index (χ1) is 16.6. The topological polar surface area (TPSA) is 91.7 Å². The van der Waals surface area contributed by atoms with E-state index < -0.39 is 12.1 Å². The average molecular weight is 527 g/mol. The molecule has 1 atom stereocenters. The van der Waals surface area contributed by atoms with Gasteiger partial charge in [-0.05, 0) is 60.0 Å². The van der Waals surface area contributed by atoms with Crippen molar-refractivity contribution in [1.82, 2.24) is 10.3 Å². The highest BCUT2D eigenvalue weighted by Gasteiger charge is 2.14. The summed E-state index contributed by atoms with van der Waals surface area (Å²) in [6.07, 6.45) is 3.59. The van der Waals surface area contributed by atoms with Gasteiger partial charge in [0.05, 0.1) is 6.10 Å². The van der Waals surface area contributed by atoms with Gasteiger partial charge in [0.15, 0.2) is 0 Å². The van der Waals surface area contributed by atoms with Gasteiger partial charge in [0.1, 0.15) is 17.1 Å². The van der Waals surface area contributed by atoms with Crippen molar-refractivity contribution in [1.29, 1.82) is 0 Å². The minimum absolute atomic E-state index is 0. The third kappa shape index (κ3) is 7.80. The molecule has 0 aliphatic carbocycles. The number of aliphatic hydroxyl groups is 1. The maximum absolute atomic E-state index is 11.6. The fraction of sp³-hybridized carbons (Fsp3) is 0.143. The molecule has 0 amide bonds. The number of pyridine rings is 1. The normalized spacial score (nSPS) is 11.0. The van der Waals surface area contributed by atoms with Crippen LogP contribution in [0.3, 0.4) is 0 Å². The molecule has 0 saturated carbocycles. The van der Waals surface area contributed by atoms with Crippen molar-refractivity contribution in [2.24, 2.45) is 0 Å². The van der Waals surface area contributed by atoms with Crippen LogP contribution in [0.4, 0.5) is 0 Å². The van der Waals surface area contributed by atoms with Gasteiger partial charge in [0.25, 0.3) is 0 Å². The molecule has 0 unspecified atom stereocenters. The van der Waals surface area contributed by atoms with Crippen LogP contribution in [0, 0.1) is 0 Å². The summed E-state index contributed by atoms with van der Waals surface area (Å²) in [5.74, 6) is -0.149. The summed E-state index contributed by atoms with van der Waals surface area (Å²) in [5.41, 5.74) is 3.92. The number of ether oxygens (including phenoxy) is 1. The number of para-hydroxylation sites is 1. The third-order valence-electron chi connectivity index (χ3n) is 5.47. The lowest BCUT2D eigenvalue weighted by Gasteiger charge is -2.12. The van der Waals surface area contributed by atoms with Crippen molar-refractivity contribution in [3.05, 3.63) is 114 Å². The van der Waals surface area contributed by atoms with Gasteiger partial charge in [-0.2, -0.15) is 0 Å². The zero-order valence-electron chi connectivity index (χ0n) is 19.4. The molecule has 0 bridgehead atoms. The van der Waals surface area contributed by atoms with E-state index >= 15 is 0 Å². The van der Waals surface area contributed by atoms with Crippen molar-refractivity contribution in [3.8, 4) is 22.6 Å². The largest absolute Gasteiger partial charge is 0.478 e. The maximum Gasteiger partial charge on any atom is 0.339 e. The SMILES string of the molecule is Cl.Cl.O=C(O)c1ccc(-c2ccc(CCNC[C@H](O)c3cccnc3)cc2)cc1Oc1ccccc1. The molecule has 188 valence electrons. The fourth-order valence-electron chi connectivity index (χ4n) is 3.60. The highest BCUT2D eigenvalue weighted by Crippen LogP contribution is 2.31. The third-order valence-corrected chi connectivity index (χ3v) is 5.47. The number of nitrogens with zero attached hydrogens (tertiary/aromatic N) is 1. The molecule has 3 aromatic carbocycles. The van der Waals surface area contributed by atoms with Crippen LogP contribution in [0.25, 0.3) is 11.1 Å². The van der Waals surface area contributed by atoms with E-state index in [1.165, 1.54) is 0 Å². The molecule has 1 aromatic heterocycles. The Morgan fingerprint density at radius 2 is 1.64 bits per heavy atom. The van der Waals surface area contributed by atoms with E-state index in [1.807, 2.05) is 42.5 Å². The minimum atomic E-state index is -1.03. The van der Waals surface area contributed by atoms with Crippen molar-refractivity contribution < 1.29 is 19.7 Å². The molecular formula is C28H28Cl2N2O4. The smallest absolute Gasteiger partial charge is 0.339 e. The lowest BCUT2D eigenvalue weighted by atomic mass is 10.0. The molecule has 4 aromatic rings. The Hall–Kier alpha value is -3.42. The number of benzene rings is 3. The van der Waals surface area contributed by atoms with Crippen LogP contribution >= 0.6 is 24.8 Å². The van der Waals surface area contributed by atoms with Crippen LogP contribution in [-0.4, -0.2) is 34.3 Å². The molecule has 4 rings (SSSR count). The molecule has 8 heteroatoms. The number of hydrogen-bond donors (Lipinski definition) is 3. The molecule has 36 heavy (non-hydrogen) atoms. The second-order valence-corrected chi connectivity index (χ2v) is 7.88. The van der Waals surface area contributed by atoms with Gasteiger partial charge in [-0.3, -0.25) is 4.98 Å². The summed E-state index contributed by atoms with van der Waals surface area (Å²) in [5, 5.41) is 23.0. The number of carbonyl (C=O) groups is 1. The number of aliphatic hydroxyl groups excluding tert-OH is 1. The number of carboxylic acids is 1. The summed E-state index contributed by atoms with van der Waals surface area (Å²) in [6, 6.07) is 26.1. The maximum atomic E-state index is 11.6. The Balaban J connectivity index is 0.00000228. The summed E-state index contributed by atoms with van der Waals surface area (Å²) < 4.78 is 5.86. The van der Waals surface area contributed by atoms with Gasteiger partial charge in [-0.1, -0.05) is 54.6 Å². The first-order valence-electron chi connectivity index (χ1n) is 11.1. The highest BCUT2D eigenvalue weighted by atomic mass is 35.5. The Morgan fingerprint density at radius 1 is 0.917 bits per heavy atom. The van der Waals surface area contributed by atoms with Crippen molar-refractivity contribution in [3.63, 3.8) is 0 Å². The van der Waals surface area contributed by atoms with Crippen LogP contribution in [0.5, 0.6) is 11.5 Å². The van der Waals surface area contributed by atoms with Gasteiger partial charge < -0.3 is 20.3 Å². The minimum Gasteiger partial charge on any atom is -0.478 e. The molecule has 6 nitrogen and oxygen atoms in total. The molecule has 0 saturated heterocycles. The van der Waals surface area contributed by atoms with Crippen LogP contribution in [0.15, 0.2) is 97.3 Å². The number of rotatable bonds is 10. The summed E-state index contributed by atoms with van der Waals surface area (Å²) in [6.45, 7) is 1.20. The van der Waals surface area contributed by atoms with E-state index in [4.69, 9.17) is 4.74 Å². The Morgan fingerprint density at radius 3 is 2.31 bits per heavy atom. The monoisotopic (exact) mass is 526 g/mol. The van der Waals surface area contributed by atoms with Crippen molar-refractivity contribution >= 4 is 30.8 Å². The predicted octanol–water partition coefficient (Wildman–Crippen LogP) is 5.95. The van der Waals surface area contributed by atoms with E-state index in [0.29, 0.717) is 18.0 Å². The van der Waals surface area contributed by atoms with Gasteiger partial charge in [0, 0.05) is 24.5 Å². The van der Waals surface area contributed by atoms with E-state index in [0.717, 1.165) is 35.2 Å². The summed E-state index contributed by atoms with van der Waals surface area (Å²) >= 11 is 0. The van der Waals surface area contributed by atoms with Gasteiger partial charge in [-0.25, -0.2) is 4.79 Å². The number of aromatic carboxylic acids is 1. The number of hydrogen-bond acceptors (Lipinski definition) is 5. The van der Waals surface area contributed by atoms with Crippen LogP contribution in [0.2, 0.25) is 0 Å². The molecule has 3 N–H and O–H groups in total. The zero-order chi connectivity index (χ0) is 23.8. The molecule has 0 aliphatic heterocycles. The predicted molar refractivity (Wildman–Crippen MR) is 146 cm³/mol. The Kier molecular flexibility index (Phi) is 11.4. The van der Waals surface area contributed by atoms with Gasteiger partial charge >= 0.3 is 5.97 Å². The molecule has 0 fully saturated rings. The number of halogens is 2. The van der Waals surface area contributed by atoms with Crippen molar-refractivity contribution in [2.45, 2.75) is 12.5 Å². The van der Waals surface area contributed by atoms with E-state index in [2.05, 4.69) is 22.4 Å². The Labute approximate surface area is 222 Å². The molecule has 0 radical (unpaired) electrons. The first-order valence-corrected chi connectivity index (χ1v) is 11.1. The van der Waals surface area contributed by atoms with Crippen molar-refractivity contribution in [2.75, 3.05) is 13.1 Å². The lowest BCUT2D eigenvalue weighted by Crippen LogP contribution is -2.23. The standard InChI is InChI=1S/C28H26N2O4.2ClH/c31-26(23-5-4-15-29-18-23)19-30-16-14-20-8-10-21(11-9-20)22-12-13-25(28(32)33)27(17-22)34-24-6-2-1-3-7-24;;/h1-13,15,17-18,26,30-31H,14,16,19H2,(H,32,33);2*1H/t26-;;/m0../s1. The van der Waals surface area contributed by atoms with Crippen LogP contribution in [-0.2, 0) is 6.42 Å². The van der Waals surface area contributed by atoms with E-state index in [1.54, 1.807) is 42.7 Å². The summed E-state index contributed by atoms with van der Waals surface area (Å²) in [7, 11) is 0. The number of nitrogens with one attached hydrogen (secondary N) is 1. The molecule has 0 spiro atoms. The van der Waals surface area contributed by atoms with Gasteiger partial charge in [0.2, 0.25) is 0 Å². The van der Waals surface area contributed by atoms with E-state index in [9.17, 15) is 15.0 Å². The lowest BCUT2D eigenvalue weighted by molar-refractivity contribution is 0.0694. The molecular weight excluding hydrogens is 499 g/mol. The average Bonchev–Trinajstić information content (AvgIpc) is 2.88. The zero-order valence-corrected chi connectivity index (χ0v) is 21.0. The quantitative estimate of drug-likeness (QED) is 0.221. The summed E-state index contributed by atoms with van der Waals surface area (Å²) in [4.78, 5) is 15.7.